The third-order valence-corrected chi connectivity index (χ3v) is 4.89. The lowest BCUT2D eigenvalue weighted by atomic mass is 9.95. The highest BCUT2D eigenvalue weighted by Crippen LogP contribution is 2.22. The average Bonchev–Trinajstić information content (AvgIpc) is 2.56. The van der Waals surface area contributed by atoms with Crippen molar-refractivity contribution in [1.29, 1.82) is 0 Å². The van der Waals surface area contributed by atoms with E-state index in [2.05, 4.69) is 52.4 Å². The predicted octanol–water partition coefficient (Wildman–Crippen LogP) is 1.72. The zero-order valence-electron chi connectivity index (χ0n) is 13.5. The SMILES string of the molecule is C[C@H]1CNCCN1C(=O)C1CCCN(Cc2ccccc2)C1. The van der Waals surface area contributed by atoms with Crippen molar-refractivity contribution >= 4 is 5.91 Å². The van der Waals surface area contributed by atoms with Gasteiger partial charge < -0.3 is 10.2 Å². The molecule has 1 aromatic rings. The van der Waals surface area contributed by atoms with Gasteiger partial charge in [0.15, 0.2) is 0 Å². The van der Waals surface area contributed by atoms with Crippen molar-refractivity contribution in [3.8, 4) is 0 Å². The van der Waals surface area contributed by atoms with E-state index >= 15 is 0 Å². The number of nitrogens with zero attached hydrogens (tertiary/aromatic N) is 2. The quantitative estimate of drug-likeness (QED) is 0.923. The summed E-state index contributed by atoms with van der Waals surface area (Å²) in [6.07, 6.45) is 2.17. The molecule has 1 N–H and O–H groups in total. The number of benzene rings is 1. The van der Waals surface area contributed by atoms with Crippen molar-refractivity contribution < 1.29 is 4.79 Å². The number of nitrogens with one attached hydrogen (secondary N) is 1. The summed E-state index contributed by atoms with van der Waals surface area (Å²) in [5, 5.41) is 3.36. The second-order valence-corrected chi connectivity index (χ2v) is 6.64. The second-order valence-electron chi connectivity index (χ2n) is 6.64. The number of carbonyl (C=O) groups is 1. The molecule has 4 heteroatoms. The van der Waals surface area contributed by atoms with E-state index in [0.29, 0.717) is 11.9 Å². The fourth-order valence-electron chi connectivity index (χ4n) is 3.65. The van der Waals surface area contributed by atoms with Gasteiger partial charge in [0.1, 0.15) is 0 Å². The Balaban J connectivity index is 1.59. The lowest BCUT2D eigenvalue weighted by Crippen LogP contribution is -2.55. The van der Waals surface area contributed by atoms with Crippen LogP contribution in [-0.4, -0.2) is 54.5 Å². The van der Waals surface area contributed by atoms with Gasteiger partial charge in [0.05, 0.1) is 5.92 Å². The van der Waals surface area contributed by atoms with Crippen LogP contribution < -0.4 is 5.32 Å². The Morgan fingerprint density at radius 2 is 2.09 bits per heavy atom. The van der Waals surface area contributed by atoms with E-state index in [4.69, 9.17) is 0 Å². The number of piperidine rings is 1. The molecule has 1 unspecified atom stereocenters. The highest BCUT2D eigenvalue weighted by Gasteiger charge is 2.32. The predicted molar refractivity (Wildman–Crippen MR) is 88.5 cm³/mol. The molecule has 2 aliphatic rings. The van der Waals surface area contributed by atoms with Crippen molar-refractivity contribution in [2.24, 2.45) is 5.92 Å². The van der Waals surface area contributed by atoms with E-state index < -0.39 is 0 Å². The Labute approximate surface area is 133 Å². The van der Waals surface area contributed by atoms with Gasteiger partial charge in [-0.25, -0.2) is 0 Å². The standard InChI is InChI=1S/C18H27N3O/c1-15-12-19-9-11-21(15)18(22)17-8-5-10-20(14-17)13-16-6-3-2-4-7-16/h2-4,6-7,15,17,19H,5,8-14H2,1H3/t15-,17?/m0/s1. The maximum Gasteiger partial charge on any atom is 0.227 e. The summed E-state index contributed by atoms with van der Waals surface area (Å²) < 4.78 is 0. The zero-order valence-corrected chi connectivity index (χ0v) is 13.5. The molecular weight excluding hydrogens is 274 g/mol. The van der Waals surface area contributed by atoms with Crippen molar-refractivity contribution in [2.75, 3.05) is 32.7 Å². The van der Waals surface area contributed by atoms with E-state index in [1.54, 1.807) is 0 Å². The molecule has 2 saturated heterocycles. The first-order valence-corrected chi connectivity index (χ1v) is 8.51. The fraction of sp³-hybridized carbons (Fsp3) is 0.611. The molecule has 0 bridgehead atoms. The molecule has 4 nitrogen and oxygen atoms in total. The monoisotopic (exact) mass is 301 g/mol. The molecule has 2 heterocycles. The topological polar surface area (TPSA) is 35.6 Å². The van der Waals surface area contributed by atoms with Gasteiger partial charge in [-0.2, -0.15) is 0 Å². The molecule has 2 fully saturated rings. The van der Waals surface area contributed by atoms with Crippen LogP contribution in [0.3, 0.4) is 0 Å². The molecule has 0 spiro atoms. The van der Waals surface area contributed by atoms with Gasteiger partial charge in [0, 0.05) is 38.8 Å². The third-order valence-electron chi connectivity index (χ3n) is 4.89. The van der Waals surface area contributed by atoms with Crippen LogP contribution in [0.25, 0.3) is 0 Å². The molecule has 120 valence electrons. The third kappa shape index (κ3) is 3.68. The van der Waals surface area contributed by atoms with E-state index in [9.17, 15) is 4.79 Å². The highest BCUT2D eigenvalue weighted by atomic mass is 16.2. The summed E-state index contributed by atoms with van der Waals surface area (Å²) in [6, 6.07) is 10.9. The second kappa shape index (κ2) is 7.25. The zero-order chi connectivity index (χ0) is 15.4. The number of likely N-dealkylation sites (tertiary alicyclic amines) is 1. The summed E-state index contributed by atoms with van der Waals surface area (Å²) in [6.45, 7) is 7.83. The summed E-state index contributed by atoms with van der Waals surface area (Å²) >= 11 is 0. The first-order chi connectivity index (χ1) is 10.7. The Hall–Kier alpha value is -1.39. The van der Waals surface area contributed by atoms with E-state index in [1.807, 2.05) is 0 Å². The van der Waals surface area contributed by atoms with Gasteiger partial charge in [0.2, 0.25) is 5.91 Å². The summed E-state index contributed by atoms with van der Waals surface area (Å²) in [5.74, 6) is 0.546. The molecule has 22 heavy (non-hydrogen) atoms. The summed E-state index contributed by atoms with van der Waals surface area (Å²) in [4.78, 5) is 17.4. The number of hydrogen-bond acceptors (Lipinski definition) is 3. The minimum absolute atomic E-state index is 0.179. The maximum absolute atomic E-state index is 12.8. The molecular formula is C18H27N3O. The van der Waals surface area contributed by atoms with Crippen LogP contribution in [0, 0.1) is 5.92 Å². The molecule has 2 atom stereocenters. The fourth-order valence-corrected chi connectivity index (χ4v) is 3.65. The van der Waals surface area contributed by atoms with Crippen molar-refractivity contribution in [3.63, 3.8) is 0 Å². The van der Waals surface area contributed by atoms with Crippen molar-refractivity contribution in [1.82, 2.24) is 15.1 Å². The average molecular weight is 301 g/mol. The Kier molecular flexibility index (Phi) is 5.11. The van der Waals surface area contributed by atoms with Crippen LogP contribution in [0.4, 0.5) is 0 Å². The lowest BCUT2D eigenvalue weighted by molar-refractivity contribution is -0.140. The first kappa shape index (κ1) is 15.5. The molecule has 2 aliphatic heterocycles. The van der Waals surface area contributed by atoms with Gasteiger partial charge >= 0.3 is 0 Å². The number of carbonyl (C=O) groups excluding carboxylic acids is 1. The summed E-state index contributed by atoms with van der Waals surface area (Å²) in [5.41, 5.74) is 1.34. The van der Waals surface area contributed by atoms with Crippen LogP contribution in [-0.2, 0) is 11.3 Å². The van der Waals surface area contributed by atoms with Crippen LogP contribution in [0.5, 0.6) is 0 Å². The maximum atomic E-state index is 12.8. The van der Waals surface area contributed by atoms with Crippen molar-refractivity contribution in [2.45, 2.75) is 32.4 Å². The van der Waals surface area contributed by atoms with Gasteiger partial charge in [0.25, 0.3) is 0 Å². The van der Waals surface area contributed by atoms with Gasteiger partial charge in [-0.1, -0.05) is 30.3 Å². The summed E-state index contributed by atoms with van der Waals surface area (Å²) in [7, 11) is 0. The van der Waals surface area contributed by atoms with Gasteiger partial charge in [-0.05, 0) is 31.9 Å². The smallest absolute Gasteiger partial charge is 0.227 e. The largest absolute Gasteiger partial charge is 0.337 e. The lowest BCUT2D eigenvalue weighted by Gasteiger charge is -2.39. The van der Waals surface area contributed by atoms with Crippen molar-refractivity contribution in [3.05, 3.63) is 35.9 Å². The Bertz CT molecular complexity index is 490. The van der Waals surface area contributed by atoms with Gasteiger partial charge in [-0.3, -0.25) is 9.69 Å². The molecule has 1 aromatic carbocycles. The minimum atomic E-state index is 0.179. The highest BCUT2D eigenvalue weighted by molar-refractivity contribution is 5.79. The molecule has 0 saturated carbocycles. The molecule has 1 amide bonds. The van der Waals surface area contributed by atoms with E-state index in [0.717, 1.165) is 52.1 Å². The van der Waals surface area contributed by atoms with E-state index in [1.165, 1.54) is 5.56 Å². The van der Waals surface area contributed by atoms with E-state index in [-0.39, 0.29) is 5.92 Å². The Morgan fingerprint density at radius 3 is 2.86 bits per heavy atom. The molecule has 0 aromatic heterocycles. The molecule has 0 radical (unpaired) electrons. The molecule has 0 aliphatic carbocycles. The number of rotatable bonds is 3. The van der Waals surface area contributed by atoms with Crippen LogP contribution in [0.15, 0.2) is 30.3 Å². The normalized spacial score (nSPS) is 26.9. The number of hydrogen-bond donors (Lipinski definition) is 1. The number of amides is 1. The first-order valence-electron chi connectivity index (χ1n) is 8.51. The van der Waals surface area contributed by atoms with Crippen LogP contribution in [0.1, 0.15) is 25.3 Å². The van der Waals surface area contributed by atoms with Gasteiger partial charge in [-0.15, -0.1) is 0 Å². The Morgan fingerprint density at radius 1 is 1.27 bits per heavy atom. The molecule has 3 rings (SSSR count). The van der Waals surface area contributed by atoms with Crippen LogP contribution >= 0.6 is 0 Å². The van der Waals surface area contributed by atoms with Crippen LogP contribution in [0.2, 0.25) is 0 Å². The number of piperazine rings is 1. The minimum Gasteiger partial charge on any atom is -0.337 e.